The van der Waals surface area contributed by atoms with Gasteiger partial charge in [-0.2, -0.15) is 0 Å². The molecule has 1 fully saturated rings. The molecule has 0 amide bonds. The Balaban J connectivity index is 2.00. The van der Waals surface area contributed by atoms with Gasteiger partial charge in [-0.05, 0) is 44.2 Å². The quantitative estimate of drug-likeness (QED) is 0.634. The van der Waals surface area contributed by atoms with Gasteiger partial charge in [0.25, 0.3) is 0 Å². The molecule has 1 aliphatic rings. The molecule has 0 aromatic carbocycles. The molecule has 90 valence electrons. The van der Waals surface area contributed by atoms with Crippen molar-refractivity contribution in [2.45, 2.75) is 58.9 Å². The predicted octanol–water partition coefficient (Wildman–Crippen LogP) is 2.54. The molecule has 1 rings (SSSR count). The molecule has 0 spiro atoms. The highest BCUT2D eigenvalue weighted by Gasteiger charge is 2.17. The summed E-state index contributed by atoms with van der Waals surface area (Å²) >= 11 is 0. The zero-order valence-corrected chi connectivity index (χ0v) is 10.7. The molecule has 2 heteroatoms. The second-order valence-electron chi connectivity index (χ2n) is 5.67. The van der Waals surface area contributed by atoms with E-state index in [1.54, 1.807) is 0 Å². The zero-order chi connectivity index (χ0) is 11.1. The van der Waals surface area contributed by atoms with Gasteiger partial charge in [0.1, 0.15) is 0 Å². The molecule has 0 aliphatic carbocycles. The van der Waals surface area contributed by atoms with Crippen LogP contribution in [-0.2, 0) is 0 Å². The summed E-state index contributed by atoms with van der Waals surface area (Å²) in [5.74, 6) is 0. The molecule has 1 saturated heterocycles. The number of hydrogen-bond donors (Lipinski definition) is 2. The predicted molar refractivity (Wildman–Crippen MR) is 67.2 cm³/mol. The molecule has 2 nitrogen and oxygen atoms in total. The first-order valence-corrected chi connectivity index (χ1v) is 6.58. The third-order valence-corrected chi connectivity index (χ3v) is 3.36. The Morgan fingerprint density at radius 3 is 2.80 bits per heavy atom. The van der Waals surface area contributed by atoms with Crippen molar-refractivity contribution < 1.29 is 0 Å². The van der Waals surface area contributed by atoms with Gasteiger partial charge >= 0.3 is 0 Å². The molecule has 0 saturated carbocycles. The lowest BCUT2D eigenvalue weighted by Crippen LogP contribution is -2.33. The van der Waals surface area contributed by atoms with E-state index >= 15 is 0 Å². The first-order valence-electron chi connectivity index (χ1n) is 6.58. The summed E-state index contributed by atoms with van der Waals surface area (Å²) in [5.41, 5.74) is 0.470. The highest BCUT2D eigenvalue weighted by Crippen LogP contribution is 2.20. The lowest BCUT2D eigenvalue weighted by molar-refractivity contribution is 0.308. The first-order chi connectivity index (χ1) is 7.14. The second kappa shape index (κ2) is 6.49. The van der Waals surface area contributed by atoms with Crippen LogP contribution in [-0.4, -0.2) is 25.7 Å². The maximum Gasteiger partial charge on any atom is 0.00796 e. The molecule has 0 radical (unpaired) electrons. The van der Waals surface area contributed by atoms with E-state index < -0.39 is 0 Å². The fraction of sp³-hybridized carbons (Fsp3) is 1.00. The van der Waals surface area contributed by atoms with Crippen molar-refractivity contribution in [1.29, 1.82) is 0 Å². The van der Waals surface area contributed by atoms with Crippen molar-refractivity contribution in [3.05, 3.63) is 0 Å². The second-order valence-corrected chi connectivity index (χ2v) is 5.67. The summed E-state index contributed by atoms with van der Waals surface area (Å²) in [5, 5.41) is 7.14. The Labute approximate surface area is 95.2 Å². The van der Waals surface area contributed by atoms with Crippen molar-refractivity contribution in [1.82, 2.24) is 10.6 Å². The largest absolute Gasteiger partial charge is 0.316 e. The molecule has 1 heterocycles. The summed E-state index contributed by atoms with van der Waals surface area (Å²) in [7, 11) is 0. The highest BCUT2D eigenvalue weighted by molar-refractivity contribution is 4.76. The Hall–Kier alpha value is -0.0800. The monoisotopic (exact) mass is 212 g/mol. The summed E-state index contributed by atoms with van der Waals surface area (Å²) in [4.78, 5) is 0. The number of rotatable bonds is 7. The molecular formula is C13H28N2. The molecule has 15 heavy (non-hydrogen) atoms. The standard InChI is InChI=1S/C13H28N2/c1-4-8-13(2,3)11-14-10-7-12-6-5-9-15-12/h12,14-15H,4-11H2,1-3H3. The fourth-order valence-corrected chi connectivity index (χ4v) is 2.47. The van der Waals surface area contributed by atoms with Crippen molar-refractivity contribution in [3.8, 4) is 0 Å². The molecule has 2 N–H and O–H groups in total. The van der Waals surface area contributed by atoms with Crippen LogP contribution in [0.2, 0.25) is 0 Å². The highest BCUT2D eigenvalue weighted by atomic mass is 14.9. The molecule has 0 bridgehead atoms. The smallest absolute Gasteiger partial charge is 0.00796 e. The van der Waals surface area contributed by atoms with Crippen LogP contribution in [0.5, 0.6) is 0 Å². The van der Waals surface area contributed by atoms with Crippen molar-refractivity contribution in [2.75, 3.05) is 19.6 Å². The van der Waals surface area contributed by atoms with E-state index in [0.29, 0.717) is 5.41 Å². The summed E-state index contributed by atoms with van der Waals surface area (Å²) in [6.07, 6.45) is 6.65. The maximum atomic E-state index is 3.60. The summed E-state index contributed by atoms with van der Waals surface area (Å²) in [6, 6.07) is 0.784. The average molecular weight is 212 g/mol. The third-order valence-electron chi connectivity index (χ3n) is 3.36. The van der Waals surface area contributed by atoms with Crippen LogP contribution in [0.4, 0.5) is 0 Å². The van der Waals surface area contributed by atoms with E-state index in [0.717, 1.165) is 12.6 Å². The lowest BCUT2D eigenvalue weighted by atomic mass is 9.88. The van der Waals surface area contributed by atoms with Crippen molar-refractivity contribution in [3.63, 3.8) is 0 Å². The van der Waals surface area contributed by atoms with Crippen LogP contribution in [0.15, 0.2) is 0 Å². The van der Waals surface area contributed by atoms with Gasteiger partial charge in [0.2, 0.25) is 0 Å². The minimum absolute atomic E-state index is 0.470. The third kappa shape index (κ3) is 5.53. The van der Waals surface area contributed by atoms with Crippen molar-refractivity contribution >= 4 is 0 Å². The lowest BCUT2D eigenvalue weighted by Gasteiger charge is -2.24. The molecular weight excluding hydrogens is 184 g/mol. The molecule has 0 aromatic heterocycles. The topological polar surface area (TPSA) is 24.1 Å². The van der Waals surface area contributed by atoms with E-state index in [4.69, 9.17) is 0 Å². The molecule has 0 aromatic rings. The van der Waals surface area contributed by atoms with E-state index in [-0.39, 0.29) is 0 Å². The Morgan fingerprint density at radius 2 is 2.20 bits per heavy atom. The van der Waals surface area contributed by atoms with E-state index in [9.17, 15) is 0 Å². The minimum Gasteiger partial charge on any atom is -0.316 e. The van der Waals surface area contributed by atoms with Gasteiger partial charge < -0.3 is 10.6 Å². The van der Waals surface area contributed by atoms with E-state index in [1.807, 2.05) is 0 Å². The van der Waals surface area contributed by atoms with Crippen LogP contribution in [0.1, 0.15) is 52.9 Å². The van der Waals surface area contributed by atoms with Crippen LogP contribution >= 0.6 is 0 Å². The van der Waals surface area contributed by atoms with Gasteiger partial charge in [0, 0.05) is 12.6 Å². The number of nitrogens with one attached hydrogen (secondary N) is 2. The number of hydrogen-bond acceptors (Lipinski definition) is 2. The Bertz CT molecular complexity index is 160. The van der Waals surface area contributed by atoms with Gasteiger partial charge in [0.05, 0.1) is 0 Å². The molecule has 1 atom stereocenters. The Kier molecular flexibility index (Phi) is 5.62. The maximum absolute atomic E-state index is 3.60. The van der Waals surface area contributed by atoms with Gasteiger partial charge in [0.15, 0.2) is 0 Å². The first kappa shape index (κ1) is 13.0. The average Bonchev–Trinajstić information content (AvgIpc) is 2.65. The van der Waals surface area contributed by atoms with Crippen LogP contribution in [0.3, 0.4) is 0 Å². The van der Waals surface area contributed by atoms with Crippen molar-refractivity contribution in [2.24, 2.45) is 5.41 Å². The van der Waals surface area contributed by atoms with Gasteiger partial charge in [-0.15, -0.1) is 0 Å². The molecule has 1 aliphatic heterocycles. The van der Waals surface area contributed by atoms with Gasteiger partial charge in [-0.25, -0.2) is 0 Å². The van der Waals surface area contributed by atoms with Crippen LogP contribution in [0.25, 0.3) is 0 Å². The van der Waals surface area contributed by atoms with Gasteiger partial charge in [-0.1, -0.05) is 27.2 Å². The zero-order valence-electron chi connectivity index (χ0n) is 10.7. The normalized spacial score (nSPS) is 22.2. The summed E-state index contributed by atoms with van der Waals surface area (Å²) in [6.45, 7) is 10.5. The van der Waals surface area contributed by atoms with Gasteiger partial charge in [-0.3, -0.25) is 0 Å². The van der Waals surface area contributed by atoms with E-state index in [2.05, 4.69) is 31.4 Å². The van der Waals surface area contributed by atoms with E-state index in [1.165, 1.54) is 45.2 Å². The molecule has 1 unspecified atom stereocenters. The minimum atomic E-state index is 0.470. The van der Waals surface area contributed by atoms with Crippen LogP contribution in [0, 0.1) is 5.41 Å². The van der Waals surface area contributed by atoms with Crippen LogP contribution < -0.4 is 10.6 Å². The summed E-state index contributed by atoms with van der Waals surface area (Å²) < 4.78 is 0. The Morgan fingerprint density at radius 1 is 1.40 bits per heavy atom. The fourth-order valence-electron chi connectivity index (χ4n) is 2.47. The SMILES string of the molecule is CCCC(C)(C)CNCCC1CCCN1.